The maximum Gasteiger partial charge on any atom is 0.389 e. The van der Waals surface area contributed by atoms with Crippen LogP contribution in [-0.4, -0.2) is 42.4 Å². The van der Waals surface area contributed by atoms with E-state index in [1.165, 1.54) is 0 Å². The van der Waals surface area contributed by atoms with Crippen LogP contribution in [0.1, 0.15) is 81.4 Å². The Morgan fingerprint density at radius 1 is 1.07 bits per heavy atom. The van der Waals surface area contributed by atoms with Crippen LogP contribution in [0.3, 0.4) is 0 Å². The first-order valence-corrected chi connectivity index (χ1v) is 15.6. The molecule has 11 heteroatoms. The Labute approximate surface area is 260 Å². The number of ether oxygens (including phenoxy) is 1. The molecule has 2 fully saturated rings. The van der Waals surface area contributed by atoms with Gasteiger partial charge in [0.1, 0.15) is 0 Å². The van der Waals surface area contributed by atoms with E-state index >= 15 is 0 Å². The number of para-hydroxylation sites is 1. The van der Waals surface area contributed by atoms with Crippen LogP contribution in [0.25, 0.3) is 0 Å². The molecule has 0 spiro atoms. The fraction of sp³-hybridized carbons (Fsp3) is 0.515. The Kier molecular flexibility index (Phi) is 9.68. The van der Waals surface area contributed by atoms with Gasteiger partial charge in [0.05, 0.1) is 29.8 Å². The smallest absolute Gasteiger partial charge is 0.389 e. The van der Waals surface area contributed by atoms with Crippen molar-refractivity contribution in [3.05, 3.63) is 64.2 Å². The van der Waals surface area contributed by atoms with Crippen molar-refractivity contribution in [3.8, 4) is 0 Å². The number of carbonyl (C=O) groups is 3. The Hall–Kier alpha value is -3.40. The van der Waals surface area contributed by atoms with E-state index in [9.17, 15) is 27.6 Å². The number of nitrogens with one attached hydrogen (secondary N) is 2. The summed E-state index contributed by atoms with van der Waals surface area (Å²) in [6.07, 6.45) is -3.97. The van der Waals surface area contributed by atoms with Gasteiger partial charge in [-0.15, -0.1) is 0 Å². The Morgan fingerprint density at radius 2 is 1.77 bits per heavy atom. The normalized spacial score (nSPS) is 19.8. The van der Waals surface area contributed by atoms with Crippen molar-refractivity contribution in [2.24, 2.45) is 28.7 Å². The zero-order valence-electron chi connectivity index (χ0n) is 24.8. The van der Waals surface area contributed by atoms with Gasteiger partial charge in [0.2, 0.25) is 12.1 Å². The van der Waals surface area contributed by atoms with Crippen LogP contribution in [0.15, 0.2) is 47.5 Å². The molecule has 0 unspecified atom stereocenters. The lowest BCUT2D eigenvalue weighted by Gasteiger charge is -2.27. The van der Waals surface area contributed by atoms with Crippen molar-refractivity contribution in [1.29, 1.82) is 0 Å². The van der Waals surface area contributed by atoms with Crippen molar-refractivity contribution in [2.75, 3.05) is 11.9 Å². The van der Waals surface area contributed by atoms with E-state index in [0.717, 1.165) is 31.2 Å². The minimum Gasteiger partial charge on any atom is -0.465 e. The molecular formula is C33H37ClF3N3O4. The molecule has 236 valence electrons. The molecule has 0 saturated heterocycles. The number of anilines is 1. The van der Waals surface area contributed by atoms with E-state index < -0.39 is 54.8 Å². The van der Waals surface area contributed by atoms with E-state index in [-0.39, 0.29) is 30.8 Å². The summed E-state index contributed by atoms with van der Waals surface area (Å²) in [5, 5.41) is 6.05. The van der Waals surface area contributed by atoms with E-state index in [1.54, 1.807) is 24.3 Å². The SMILES string of the molecule is CC(C)COC(=O)[C@@H](CC1CC1)[C@@H](CCC(F)(F)F)C(=O)N[C@H]1N=C(c2ccc(Cl)cc2)c2cccc(C3CC3)c2NC1=O. The topological polar surface area (TPSA) is 96.9 Å². The molecule has 2 saturated carbocycles. The van der Waals surface area contributed by atoms with Gasteiger partial charge < -0.3 is 15.4 Å². The first kappa shape index (κ1) is 32.0. The van der Waals surface area contributed by atoms with Gasteiger partial charge in [-0.05, 0) is 61.1 Å². The van der Waals surface area contributed by atoms with Crippen molar-refractivity contribution in [2.45, 2.75) is 77.1 Å². The van der Waals surface area contributed by atoms with E-state index in [2.05, 4.69) is 15.6 Å². The molecule has 44 heavy (non-hydrogen) atoms. The fourth-order valence-corrected chi connectivity index (χ4v) is 5.72. The third-order valence-corrected chi connectivity index (χ3v) is 8.48. The first-order valence-electron chi connectivity index (χ1n) is 15.2. The molecule has 2 aliphatic carbocycles. The van der Waals surface area contributed by atoms with Crippen LogP contribution in [0.2, 0.25) is 5.02 Å². The van der Waals surface area contributed by atoms with Crippen LogP contribution in [0.5, 0.6) is 0 Å². The van der Waals surface area contributed by atoms with Gasteiger partial charge in [-0.25, -0.2) is 4.99 Å². The number of esters is 1. The van der Waals surface area contributed by atoms with Gasteiger partial charge >= 0.3 is 12.1 Å². The summed E-state index contributed by atoms with van der Waals surface area (Å²) in [4.78, 5) is 45.4. The summed E-state index contributed by atoms with van der Waals surface area (Å²) in [5.74, 6) is -4.14. The van der Waals surface area contributed by atoms with Crippen LogP contribution < -0.4 is 10.6 Å². The number of carbonyl (C=O) groups excluding carboxylic acids is 3. The monoisotopic (exact) mass is 631 g/mol. The van der Waals surface area contributed by atoms with E-state index in [1.807, 2.05) is 32.0 Å². The van der Waals surface area contributed by atoms with Crippen LogP contribution >= 0.6 is 11.6 Å². The van der Waals surface area contributed by atoms with Crippen molar-refractivity contribution in [3.63, 3.8) is 0 Å². The summed E-state index contributed by atoms with van der Waals surface area (Å²) in [7, 11) is 0. The number of rotatable bonds is 12. The molecule has 0 aromatic heterocycles. The number of nitrogens with zero attached hydrogens (tertiary/aromatic N) is 1. The Balaban J connectivity index is 1.48. The minimum atomic E-state index is -4.54. The molecule has 0 radical (unpaired) electrons. The predicted molar refractivity (Wildman–Crippen MR) is 161 cm³/mol. The molecule has 3 aliphatic rings. The lowest BCUT2D eigenvalue weighted by Crippen LogP contribution is -2.47. The molecule has 1 aliphatic heterocycles. The second-order valence-corrected chi connectivity index (χ2v) is 12.9. The minimum absolute atomic E-state index is 0.0143. The zero-order valence-corrected chi connectivity index (χ0v) is 25.5. The number of fused-ring (bicyclic) bond motifs is 1. The molecule has 2 aromatic rings. The van der Waals surface area contributed by atoms with Crippen molar-refractivity contribution >= 4 is 40.8 Å². The molecule has 2 aromatic carbocycles. The Morgan fingerprint density at radius 3 is 2.39 bits per heavy atom. The Bertz CT molecular complexity index is 1420. The van der Waals surface area contributed by atoms with Crippen molar-refractivity contribution in [1.82, 2.24) is 5.32 Å². The third kappa shape index (κ3) is 8.20. The summed E-state index contributed by atoms with van der Waals surface area (Å²) < 4.78 is 45.7. The highest BCUT2D eigenvalue weighted by Crippen LogP contribution is 2.45. The maximum absolute atomic E-state index is 13.9. The summed E-state index contributed by atoms with van der Waals surface area (Å²) in [6.45, 7) is 3.80. The highest BCUT2D eigenvalue weighted by molar-refractivity contribution is 6.31. The standard InChI is InChI=1S/C33H37ClF3N3O4/c1-18(2)17-44-32(43)26(16-19-6-7-19)24(14-15-33(35,36)37)30(41)40-29-31(42)39-28-23(20-8-9-20)4-3-5-25(28)27(38-29)21-10-12-22(34)13-11-21/h3-5,10-13,18-20,24,26,29H,6-9,14-17H2,1-2H3,(H,39,42)(H,40,41)/t24-,26+,29-/m1/s1. The third-order valence-electron chi connectivity index (χ3n) is 8.23. The zero-order chi connectivity index (χ0) is 31.6. The number of alkyl halides is 3. The van der Waals surface area contributed by atoms with Gasteiger partial charge in [-0.1, -0.05) is 68.6 Å². The van der Waals surface area contributed by atoms with Gasteiger partial charge in [-0.3, -0.25) is 14.4 Å². The van der Waals surface area contributed by atoms with Crippen LogP contribution in [-0.2, 0) is 19.1 Å². The number of benzodiazepines with no additional fused rings is 1. The number of benzene rings is 2. The number of aliphatic imine (C=N–C) groups is 1. The van der Waals surface area contributed by atoms with Crippen molar-refractivity contribution < 1.29 is 32.3 Å². The highest BCUT2D eigenvalue weighted by Gasteiger charge is 2.42. The van der Waals surface area contributed by atoms with Crippen LogP contribution in [0, 0.1) is 23.7 Å². The fourth-order valence-electron chi connectivity index (χ4n) is 5.60. The summed E-state index contributed by atoms with van der Waals surface area (Å²) in [5.41, 5.74) is 3.31. The molecule has 3 atom stereocenters. The summed E-state index contributed by atoms with van der Waals surface area (Å²) >= 11 is 6.13. The van der Waals surface area contributed by atoms with Gasteiger partial charge in [0.15, 0.2) is 0 Å². The number of hydrogen-bond acceptors (Lipinski definition) is 5. The maximum atomic E-state index is 13.9. The average molecular weight is 632 g/mol. The molecule has 0 bridgehead atoms. The largest absolute Gasteiger partial charge is 0.465 e. The first-order chi connectivity index (χ1) is 20.9. The molecule has 5 rings (SSSR count). The predicted octanol–water partition coefficient (Wildman–Crippen LogP) is 7.02. The second-order valence-electron chi connectivity index (χ2n) is 12.5. The second kappa shape index (κ2) is 13.3. The summed E-state index contributed by atoms with van der Waals surface area (Å²) in [6, 6.07) is 12.6. The average Bonchev–Trinajstić information content (AvgIpc) is 3.88. The molecule has 2 N–H and O–H groups in total. The van der Waals surface area contributed by atoms with Crippen LogP contribution in [0.4, 0.5) is 18.9 Å². The molecule has 2 amide bonds. The number of amides is 2. The lowest BCUT2D eigenvalue weighted by atomic mass is 9.83. The van der Waals surface area contributed by atoms with Gasteiger partial charge in [-0.2, -0.15) is 13.2 Å². The number of halogens is 4. The van der Waals surface area contributed by atoms with E-state index in [4.69, 9.17) is 16.3 Å². The molecule has 1 heterocycles. The van der Waals surface area contributed by atoms with Gasteiger partial charge in [0, 0.05) is 22.6 Å². The lowest BCUT2D eigenvalue weighted by molar-refractivity contribution is -0.159. The number of hydrogen-bond donors (Lipinski definition) is 2. The highest BCUT2D eigenvalue weighted by atomic mass is 35.5. The molecule has 7 nitrogen and oxygen atoms in total. The van der Waals surface area contributed by atoms with Gasteiger partial charge in [0.25, 0.3) is 5.91 Å². The van der Waals surface area contributed by atoms with E-state index in [0.29, 0.717) is 27.5 Å². The molecular weight excluding hydrogens is 595 g/mol. The quantitative estimate of drug-likeness (QED) is 0.246.